The van der Waals surface area contributed by atoms with Gasteiger partial charge in [0.05, 0.1) is 0 Å². The summed E-state index contributed by atoms with van der Waals surface area (Å²) in [6, 6.07) is 7.37. The second-order valence-electron chi connectivity index (χ2n) is 4.10. The van der Waals surface area contributed by atoms with E-state index >= 15 is 0 Å². The number of aliphatic hydroxyl groups excluding tert-OH is 1. The maximum atomic E-state index is 12.0. The van der Waals surface area contributed by atoms with Gasteiger partial charge in [0.15, 0.2) is 0 Å². The fraction of sp³-hybridized carbons (Fsp3) is 0.417. The molecule has 0 radical (unpaired) electrons. The normalized spacial score (nSPS) is 20.1. The van der Waals surface area contributed by atoms with Crippen molar-refractivity contribution >= 4 is 21.8 Å². The van der Waals surface area contributed by atoms with Crippen molar-refractivity contribution in [3.63, 3.8) is 0 Å². The molecule has 2 rings (SSSR count). The first-order valence-corrected chi connectivity index (χ1v) is 6.15. The zero-order valence-corrected chi connectivity index (χ0v) is 10.5. The molecule has 16 heavy (non-hydrogen) atoms. The monoisotopic (exact) mass is 283 g/mol. The Morgan fingerprint density at radius 1 is 1.44 bits per heavy atom. The highest BCUT2D eigenvalue weighted by atomic mass is 79.9. The highest BCUT2D eigenvalue weighted by molar-refractivity contribution is 9.10. The molecule has 1 fully saturated rings. The van der Waals surface area contributed by atoms with Crippen molar-refractivity contribution in [3.8, 4) is 0 Å². The van der Waals surface area contributed by atoms with Crippen molar-refractivity contribution in [2.75, 3.05) is 19.7 Å². The predicted octanol–water partition coefficient (Wildman–Crippen LogP) is 1.90. The second-order valence-corrected chi connectivity index (χ2v) is 5.01. The van der Waals surface area contributed by atoms with Crippen LogP contribution in [0.15, 0.2) is 28.7 Å². The third kappa shape index (κ3) is 2.44. The topological polar surface area (TPSA) is 40.5 Å². The molecule has 1 aromatic rings. The van der Waals surface area contributed by atoms with Crippen LogP contribution >= 0.6 is 15.9 Å². The average Bonchev–Trinajstić information content (AvgIpc) is 2.77. The lowest BCUT2D eigenvalue weighted by atomic mass is 10.1. The maximum absolute atomic E-state index is 12.0. The van der Waals surface area contributed by atoms with E-state index in [0.717, 1.165) is 17.4 Å². The summed E-state index contributed by atoms with van der Waals surface area (Å²) in [6.45, 7) is 1.59. The molecule has 1 N–H and O–H groups in total. The Morgan fingerprint density at radius 3 is 2.69 bits per heavy atom. The average molecular weight is 284 g/mol. The highest BCUT2D eigenvalue weighted by Crippen LogP contribution is 2.19. The number of aliphatic hydroxyl groups is 1. The summed E-state index contributed by atoms with van der Waals surface area (Å²) < 4.78 is 0.971. The first-order chi connectivity index (χ1) is 7.70. The van der Waals surface area contributed by atoms with Gasteiger partial charge in [-0.3, -0.25) is 4.79 Å². The molecule has 0 aliphatic carbocycles. The summed E-state index contributed by atoms with van der Waals surface area (Å²) in [7, 11) is 0. The Kier molecular flexibility index (Phi) is 3.61. The van der Waals surface area contributed by atoms with Gasteiger partial charge >= 0.3 is 0 Å². The second kappa shape index (κ2) is 4.97. The summed E-state index contributed by atoms with van der Waals surface area (Å²) in [4.78, 5) is 13.9. The van der Waals surface area contributed by atoms with Crippen LogP contribution in [0.25, 0.3) is 0 Å². The predicted molar refractivity (Wildman–Crippen MR) is 65.2 cm³/mol. The van der Waals surface area contributed by atoms with Gasteiger partial charge in [-0.05, 0) is 30.7 Å². The Balaban J connectivity index is 2.05. The van der Waals surface area contributed by atoms with Crippen molar-refractivity contribution in [2.24, 2.45) is 5.92 Å². The molecule has 0 saturated carbocycles. The van der Waals surface area contributed by atoms with Gasteiger partial charge in [0, 0.05) is 35.7 Å². The number of likely N-dealkylation sites (tertiary alicyclic amines) is 1. The van der Waals surface area contributed by atoms with E-state index in [0.29, 0.717) is 12.1 Å². The van der Waals surface area contributed by atoms with Gasteiger partial charge in [0.25, 0.3) is 5.91 Å². The molecule has 1 amide bonds. The van der Waals surface area contributed by atoms with E-state index < -0.39 is 0 Å². The Morgan fingerprint density at radius 2 is 2.12 bits per heavy atom. The molecule has 1 atom stereocenters. The summed E-state index contributed by atoms with van der Waals surface area (Å²) in [5.74, 6) is 0.308. The van der Waals surface area contributed by atoms with Crippen LogP contribution < -0.4 is 0 Å². The van der Waals surface area contributed by atoms with Crippen LogP contribution in [0.5, 0.6) is 0 Å². The van der Waals surface area contributed by atoms with Crippen LogP contribution in [-0.2, 0) is 0 Å². The fourth-order valence-electron chi connectivity index (χ4n) is 1.94. The van der Waals surface area contributed by atoms with Crippen molar-refractivity contribution in [3.05, 3.63) is 34.3 Å². The van der Waals surface area contributed by atoms with Crippen LogP contribution in [0.2, 0.25) is 0 Å². The minimum absolute atomic E-state index is 0.0588. The van der Waals surface area contributed by atoms with Gasteiger partial charge in [0.1, 0.15) is 0 Å². The van der Waals surface area contributed by atoms with E-state index in [-0.39, 0.29) is 18.4 Å². The van der Waals surface area contributed by atoms with Gasteiger partial charge < -0.3 is 10.0 Å². The van der Waals surface area contributed by atoms with Crippen molar-refractivity contribution in [1.82, 2.24) is 4.90 Å². The lowest BCUT2D eigenvalue weighted by molar-refractivity contribution is 0.0782. The molecular formula is C12H14BrNO2. The minimum Gasteiger partial charge on any atom is -0.396 e. The van der Waals surface area contributed by atoms with Crippen LogP contribution in [0, 0.1) is 5.92 Å². The number of nitrogens with zero attached hydrogens (tertiary/aromatic N) is 1. The van der Waals surface area contributed by atoms with E-state index in [1.165, 1.54) is 0 Å². The van der Waals surface area contributed by atoms with Gasteiger partial charge in [-0.1, -0.05) is 15.9 Å². The summed E-state index contributed by atoms with van der Waals surface area (Å²) in [5.41, 5.74) is 0.710. The van der Waals surface area contributed by atoms with E-state index in [9.17, 15) is 4.79 Å². The Bertz CT molecular complexity index is 377. The number of carbonyl (C=O) groups is 1. The number of amides is 1. The molecule has 1 unspecified atom stereocenters. The lowest BCUT2D eigenvalue weighted by Gasteiger charge is -2.16. The van der Waals surface area contributed by atoms with Crippen LogP contribution in [0.1, 0.15) is 16.8 Å². The number of halogens is 1. The molecule has 1 heterocycles. The molecule has 1 aliphatic rings. The largest absolute Gasteiger partial charge is 0.396 e. The quantitative estimate of drug-likeness (QED) is 0.901. The summed E-state index contributed by atoms with van der Waals surface area (Å²) in [6.07, 6.45) is 0.902. The van der Waals surface area contributed by atoms with E-state index in [1.807, 2.05) is 29.2 Å². The number of benzene rings is 1. The highest BCUT2D eigenvalue weighted by Gasteiger charge is 2.26. The first-order valence-electron chi connectivity index (χ1n) is 5.36. The van der Waals surface area contributed by atoms with Crippen LogP contribution in [-0.4, -0.2) is 35.6 Å². The molecule has 86 valence electrons. The number of hydrogen-bond acceptors (Lipinski definition) is 2. The third-order valence-corrected chi connectivity index (χ3v) is 3.45. The lowest BCUT2D eigenvalue weighted by Crippen LogP contribution is -2.29. The van der Waals surface area contributed by atoms with E-state index in [2.05, 4.69) is 15.9 Å². The number of carbonyl (C=O) groups excluding carboxylic acids is 1. The summed E-state index contributed by atoms with van der Waals surface area (Å²) >= 11 is 3.34. The molecule has 3 nitrogen and oxygen atoms in total. The molecule has 0 aromatic heterocycles. The standard InChI is InChI=1S/C12H14BrNO2/c13-11-3-1-10(2-4-11)12(16)14-6-5-9(7-14)8-15/h1-4,9,15H,5-8H2. The Labute approximate surface area is 103 Å². The first kappa shape index (κ1) is 11.6. The molecule has 4 heteroatoms. The van der Waals surface area contributed by atoms with Crippen LogP contribution in [0.4, 0.5) is 0 Å². The SMILES string of the molecule is O=C(c1ccc(Br)cc1)N1CCC(CO)C1. The van der Waals surface area contributed by atoms with E-state index in [4.69, 9.17) is 5.11 Å². The minimum atomic E-state index is 0.0588. The Hall–Kier alpha value is -0.870. The smallest absolute Gasteiger partial charge is 0.253 e. The van der Waals surface area contributed by atoms with Gasteiger partial charge in [-0.25, -0.2) is 0 Å². The molecule has 0 spiro atoms. The van der Waals surface area contributed by atoms with E-state index in [1.54, 1.807) is 0 Å². The molecular weight excluding hydrogens is 270 g/mol. The fourth-order valence-corrected chi connectivity index (χ4v) is 2.21. The number of rotatable bonds is 2. The van der Waals surface area contributed by atoms with Crippen molar-refractivity contribution in [2.45, 2.75) is 6.42 Å². The maximum Gasteiger partial charge on any atom is 0.253 e. The van der Waals surface area contributed by atoms with Crippen molar-refractivity contribution in [1.29, 1.82) is 0 Å². The third-order valence-electron chi connectivity index (χ3n) is 2.92. The number of hydrogen-bond donors (Lipinski definition) is 1. The van der Waals surface area contributed by atoms with Gasteiger partial charge in [-0.2, -0.15) is 0 Å². The van der Waals surface area contributed by atoms with Gasteiger partial charge in [-0.15, -0.1) is 0 Å². The zero-order chi connectivity index (χ0) is 11.5. The van der Waals surface area contributed by atoms with Crippen molar-refractivity contribution < 1.29 is 9.90 Å². The molecule has 1 aliphatic heterocycles. The summed E-state index contributed by atoms with van der Waals surface area (Å²) in [5, 5.41) is 9.03. The molecule has 1 saturated heterocycles. The van der Waals surface area contributed by atoms with Gasteiger partial charge in [0.2, 0.25) is 0 Å². The molecule has 0 bridgehead atoms. The van der Waals surface area contributed by atoms with Crippen LogP contribution in [0.3, 0.4) is 0 Å². The molecule has 1 aromatic carbocycles. The zero-order valence-electron chi connectivity index (χ0n) is 8.90.